The fourth-order valence-corrected chi connectivity index (χ4v) is 2.21. The Bertz CT molecular complexity index is 280. The summed E-state index contributed by atoms with van der Waals surface area (Å²) in [6.07, 6.45) is 0.179. The molecule has 0 aliphatic rings. The maximum absolute atomic E-state index is 9.32. The minimum Gasteiger partial charge on any atom is -0.393 e. The minimum atomic E-state index is -0.401. The molecule has 2 unspecified atom stereocenters. The van der Waals surface area contributed by atoms with Gasteiger partial charge in [0.25, 0.3) is 0 Å². The average Bonchev–Trinajstić information content (AvgIpc) is 2.18. The van der Waals surface area contributed by atoms with E-state index in [1.807, 2.05) is 24.3 Å². The van der Waals surface area contributed by atoms with Gasteiger partial charge in [-0.1, -0.05) is 12.1 Å². The predicted molar refractivity (Wildman–Crippen MR) is 64.1 cm³/mol. The summed E-state index contributed by atoms with van der Waals surface area (Å²) in [7, 11) is 0. The maximum atomic E-state index is 9.32. The molecule has 1 rings (SSSR count). The van der Waals surface area contributed by atoms with Crippen molar-refractivity contribution in [2.75, 3.05) is 5.75 Å². The van der Waals surface area contributed by atoms with Crippen molar-refractivity contribution in [3.8, 4) is 0 Å². The quantitative estimate of drug-likeness (QED) is 0.758. The van der Waals surface area contributed by atoms with Crippen LogP contribution in [0.1, 0.15) is 31.9 Å². The van der Waals surface area contributed by atoms with Crippen LogP contribution in [0.15, 0.2) is 29.2 Å². The van der Waals surface area contributed by atoms with Gasteiger partial charge in [-0.3, -0.25) is 0 Å². The van der Waals surface area contributed by atoms with E-state index in [1.165, 1.54) is 4.90 Å². The third-order valence-electron chi connectivity index (χ3n) is 2.17. The Labute approximate surface area is 95.3 Å². The molecule has 0 saturated carbocycles. The summed E-state index contributed by atoms with van der Waals surface area (Å²) in [4.78, 5) is 1.18. The van der Waals surface area contributed by atoms with Gasteiger partial charge in [-0.05, 0) is 38.0 Å². The lowest BCUT2D eigenvalue weighted by molar-refractivity contribution is 0.192. The number of hydrogen-bond donors (Lipinski definition) is 2. The summed E-state index contributed by atoms with van der Waals surface area (Å²) in [6.45, 7) is 3.56. The van der Waals surface area contributed by atoms with Crippen molar-refractivity contribution in [1.29, 1.82) is 0 Å². The van der Waals surface area contributed by atoms with Gasteiger partial charge in [0, 0.05) is 10.6 Å². The highest BCUT2D eigenvalue weighted by atomic mass is 32.2. The zero-order chi connectivity index (χ0) is 11.3. The first-order valence-electron chi connectivity index (χ1n) is 5.18. The fraction of sp³-hybridized carbons (Fsp3) is 0.500. The summed E-state index contributed by atoms with van der Waals surface area (Å²) in [5.74, 6) is 0.922. The van der Waals surface area contributed by atoms with Gasteiger partial charge in [0.2, 0.25) is 0 Å². The van der Waals surface area contributed by atoms with Crippen LogP contribution in [0.5, 0.6) is 0 Å². The molecule has 1 aromatic carbocycles. The Balaban J connectivity index is 2.43. The van der Waals surface area contributed by atoms with E-state index >= 15 is 0 Å². The van der Waals surface area contributed by atoms with E-state index in [-0.39, 0.29) is 6.10 Å². The van der Waals surface area contributed by atoms with Crippen LogP contribution in [-0.4, -0.2) is 22.1 Å². The van der Waals surface area contributed by atoms with Gasteiger partial charge in [-0.15, -0.1) is 11.8 Å². The molecule has 0 saturated heterocycles. The molecule has 0 heterocycles. The Kier molecular flexibility index (Phi) is 5.15. The topological polar surface area (TPSA) is 40.5 Å². The van der Waals surface area contributed by atoms with Gasteiger partial charge < -0.3 is 10.2 Å². The monoisotopic (exact) mass is 226 g/mol. The van der Waals surface area contributed by atoms with Crippen LogP contribution in [0.3, 0.4) is 0 Å². The Morgan fingerprint density at radius 2 is 1.73 bits per heavy atom. The Hall–Kier alpha value is -0.510. The first-order chi connectivity index (χ1) is 7.09. The zero-order valence-corrected chi connectivity index (χ0v) is 10.00. The van der Waals surface area contributed by atoms with Crippen LogP contribution in [0, 0.1) is 0 Å². The molecular weight excluding hydrogens is 208 g/mol. The molecule has 0 spiro atoms. The molecule has 2 atom stereocenters. The predicted octanol–water partition coefficient (Wildman–Crippen LogP) is 2.60. The fourth-order valence-electron chi connectivity index (χ4n) is 1.19. The standard InChI is InChI=1S/C12H18O2S/c1-9(13)7-8-15-12-5-3-11(4-6-12)10(2)14/h3-6,9-10,13-14H,7-8H2,1-2H3. The highest BCUT2D eigenvalue weighted by molar-refractivity contribution is 7.99. The summed E-state index contributed by atoms with van der Waals surface area (Å²) in [5, 5.41) is 18.4. The maximum Gasteiger partial charge on any atom is 0.0761 e. The molecule has 2 nitrogen and oxygen atoms in total. The molecule has 0 aromatic heterocycles. The lowest BCUT2D eigenvalue weighted by atomic mass is 10.1. The molecule has 0 amide bonds. The molecule has 15 heavy (non-hydrogen) atoms. The van der Waals surface area contributed by atoms with Crippen LogP contribution < -0.4 is 0 Å². The first-order valence-corrected chi connectivity index (χ1v) is 6.17. The summed E-state index contributed by atoms with van der Waals surface area (Å²) in [6, 6.07) is 7.90. The van der Waals surface area contributed by atoms with E-state index in [0.29, 0.717) is 0 Å². The van der Waals surface area contributed by atoms with Crippen LogP contribution in [0.2, 0.25) is 0 Å². The molecular formula is C12H18O2S. The van der Waals surface area contributed by atoms with E-state index < -0.39 is 6.10 Å². The van der Waals surface area contributed by atoms with Crippen molar-refractivity contribution in [3.63, 3.8) is 0 Å². The van der Waals surface area contributed by atoms with E-state index in [2.05, 4.69) is 0 Å². The van der Waals surface area contributed by atoms with E-state index in [0.717, 1.165) is 17.7 Å². The second-order valence-electron chi connectivity index (χ2n) is 3.73. The first kappa shape index (κ1) is 12.6. The van der Waals surface area contributed by atoms with Gasteiger partial charge in [0.1, 0.15) is 0 Å². The number of aliphatic hydroxyl groups is 2. The Morgan fingerprint density at radius 3 is 2.20 bits per heavy atom. The van der Waals surface area contributed by atoms with Crippen molar-refractivity contribution in [2.45, 2.75) is 37.4 Å². The van der Waals surface area contributed by atoms with E-state index in [4.69, 9.17) is 5.11 Å². The lowest BCUT2D eigenvalue weighted by Gasteiger charge is -2.06. The van der Waals surface area contributed by atoms with Gasteiger partial charge in [0.05, 0.1) is 12.2 Å². The molecule has 0 radical (unpaired) electrons. The number of aliphatic hydroxyl groups excluding tert-OH is 2. The van der Waals surface area contributed by atoms with Gasteiger partial charge in [-0.2, -0.15) is 0 Å². The van der Waals surface area contributed by atoms with Crippen LogP contribution in [0.25, 0.3) is 0 Å². The number of benzene rings is 1. The zero-order valence-electron chi connectivity index (χ0n) is 9.18. The Morgan fingerprint density at radius 1 is 1.13 bits per heavy atom. The molecule has 1 aromatic rings. The van der Waals surface area contributed by atoms with Crippen molar-refractivity contribution in [3.05, 3.63) is 29.8 Å². The van der Waals surface area contributed by atoms with Crippen molar-refractivity contribution in [1.82, 2.24) is 0 Å². The van der Waals surface area contributed by atoms with Crippen LogP contribution in [-0.2, 0) is 0 Å². The van der Waals surface area contributed by atoms with Crippen molar-refractivity contribution in [2.24, 2.45) is 0 Å². The highest BCUT2D eigenvalue weighted by Crippen LogP contribution is 2.21. The highest BCUT2D eigenvalue weighted by Gasteiger charge is 2.01. The van der Waals surface area contributed by atoms with E-state index in [9.17, 15) is 5.11 Å². The molecule has 84 valence electrons. The summed E-state index contributed by atoms with van der Waals surface area (Å²) < 4.78 is 0. The number of rotatable bonds is 5. The molecule has 0 bridgehead atoms. The van der Waals surface area contributed by atoms with Gasteiger partial charge in [0.15, 0.2) is 0 Å². The van der Waals surface area contributed by atoms with Gasteiger partial charge >= 0.3 is 0 Å². The second kappa shape index (κ2) is 6.16. The van der Waals surface area contributed by atoms with Crippen LogP contribution in [0.4, 0.5) is 0 Å². The summed E-state index contributed by atoms with van der Waals surface area (Å²) >= 11 is 1.73. The van der Waals surface area contributed by atoms with Gasteiger partial charge in [-0.25, -0.2) is 0 Å². The van der Waals surface area contributed by atoms with Crippen molar-refractivity contribution < 1.29 is 10.2 Å². The molecule has 3 heteroatoms. The van der Waals surface area contributed by atoms with Crippen LogP contribution >= 0.6 is 11.8 Å². The number of hydrogen-bond acceptors (Lipinski definition) is 3. The third-order valence-corrected chi connectivity index (χ3v) is 3.21. The normalized spacial score (nSPS) is 14.9. The molecule has 0 fully saturated rings. The smallest absolute Gasteiger partial charge is 0.0761 e. The number of thioether (sulfide) groups is 1. The lowest BCUT2D eigenvalue weighted by Crippen LogP contribution is -2.00. The molecule has 2 N–H and O–H groups in total. The van der Waals surface area contributed by atoms with Crippen molar-refractivity contribution >= 4 is 11.8 Å². The SMILES string of the molecule is CC(O)CCSc1ccc(C(C)O)cc1. The molecule has 0 aliphatic heterocycles. The van der Waals surface area contributed by atoms with E-state index in [1.54, 1.807) is 25.6 Å². The summed E-state index contributed by atoms with van der Waals surface area (Å²) in [5.41, 5.74) is 0.940. The average molecular weight is 226 g/mol. The molecule has 0 aliphatic carbocycles. The second-order valence-corrected chi connectivity index (χ2v) is 4.90. The third kappa shape index (κ3) is 4.69. The minimum absolute atomic E-state index is 0.228. The largest absolute Gasteiger partial charge is 0.393 e.